The molecule has 0 aromatic heterocycles. The van der Waals surface area contributed by atoms with Gasteiger partial charge in [-0.3, -0.25) is 9.69 Å². The van der Waals surface area contributed by atoms with Crippen LogP contribution in [0.2, 0.25) is 0 Å². The zero-order valence-electron chi connectivity index (χ0n) is 15.7. The Morgan fingerprint density at radius 1 is 1.29 bits per heavy atom. The minimum absolute atomic E-state index is 0.0114. The number of rotatable bonds is 6. The molecule has 1 N–H and O–H groups in total. The monoisotopic (exact) mass is 334 g/mol. The van der Waals surface area contributed by atoms with Crippen LogP contribution in [0, 0.1) is 5.92 Å². The molecule has 0 radical (unpaired) electrons. The van der Waals surface area contributed by atoms with Crippen molar-refractivity contribution < 1.29 is 14.3 Å². The second-order valence-corrected chi connectivity index (χ2v) is 6.70. The molecule has 0 saturated heterocycles. The molecule has 0 fully saturated rings. The number of hydrogen-bond acceptors (Lipinski definition) is 4. The molecule has 1 aromatic carbocycles. The van der Waals surface area contributed by atoms with E-state index < -0.39 is 0 Å². The molecule has 1 aliphatic rings. The Balaban J connectivity index is 2.54. The van der Waals surface area contributed by atoms with Gasteiger partial charge in [0.1, 0.15) is 0 Å². The van der Waals surface area contributed by atoms with Crippen molar-refractivity contribution in [2.24, 2.45) is 5.92 Å². The van der Waals surface area contributed by atoms with Gasteiger partial charge in [0.05, 0.1) is 26.3 Å². The molecule has 2 rings (SSSR count). The first-order chi connectivity index (χ1) is 11.4. The van der Waals surface area contributed by atoms with E-state index in [-0.39, 0.29) is 18.0 Å². The van der Waals surface area contributed by atoms with Gasteiger partial charge in [-0.2, -0.15) is 0 Å². The number of carbonyl (C=O) groups excluding carboxylic acids is 1. The Bertz CT molecular complexity index is 586. The lowest BCUT2D eigenvalue weighted by Gasteiger charge is -2.43. The van der Waals surface area contributed by atoms with E-state index >= 15 is 0 Å². The highest BCUT2D eigenvalue weighted by atomic mass is 16.5. The van der Waals surface area contributed by atoms with E-state index in [1.54, 1.807) is 21.1 Å². The van der Waals surface area contributed by atoms with Gasteiger partial charge in [-0.25, -0.2) is 0 Å². The fourth-order valence-electron chi connectivity index (χ4n) is 3.65. The smallest absolute Gasteiger partial charge is 0.217 e. The molecular weight excluding hydrogens is 304 g/mol. The van der Waals surface area contributed by atoms with Gasteiger partial charge in [-0.05, 0) is 42.1 Å². The Labute approximate surface area is 145 Å². The fourth-order valence-corrected chi connectivity index (χ4v) is 3.65. The number of nitrogens with one attached hydrogen (secondary N) is 1. The molecule has 0 unspecified atom stereocenters. The van der Waals surface area contributed by atoms with Crippen LogP contribution in [0.4, 0.5) is 0 Å². The minimum Gasteiger partial charge on any atom is -0.493 e. The van der Waals surface area contributed by atoms with Crippen LogP contribution in [0.1, 0.15) is 44.9 Å². The molecule has 1 aliphatic heterocycles. The Kier molecular flexibility index (Phi) is 6.10. The maximum atomic E-state index is 11.8. The highest BCUT2D eigenvalue weighted by molar-refractivity contribution is 5.73. The molecule has 24 heavy (non-hydrogen) atoms. The third-order valence-electron chi connectivity index (χ3n) is 4.86. The molecule has 1 aromatic rings. The maximum Gasteiger partial charge on any atom is 0.217 e. The number of likely N-dealkylation sites (N-methyl/N-ethyl adjacent to an activating group) is 1. The zero-order chi connectivity index (χ0) is 17.9. The van der Waals surface area contributed by atoms with Crippen LogP contribution in [0.15, 0.2) is 12.1 Å². The molecule has 0 spiro atoms. The third-order valence-corrected chi connectivity index (χ3v) is 4.86. The van der Waals surface area contributed by atoms with Crippen LogP contribution in [-0.4, -0.2) is 44.2 Å². The Morgan fingerprint density at radius 3 is 2.42 bits per heavy atom. The maximum absolute atomic E-state index is 11.8. The number of nitrogens with zero attached hydrogens (tertiary/aromatic N) is 1. The summed E-state index contributed by atoms with van der Waals surface area (Å²) in [6.07, 6.45) is 0.977. The van der Waals surface area contributed by atoms with Crippen molar-refractivity contribution in [2.75, 3.05) is 27.3 Å². The van der Waals surface area contributed by atoms with Gasteiger partial charge in [0.15, 0.2) is 11.5 Å². The lowest BCUT2D eigenvalue weighted by molar-refractivity contribution is -0.120. The van der Waals surface area contributed by atoms with Gasteiger partial charge in [0.2, 0.25) is 5.91 Å². The van der Waals surface area contributed by atoms with Crippen molar-refractivity contribution in [3.8, 4) is 11.5 Å². The van der Waals surface area contributed by atoms with Crippen molar-refractivity contribution in [2.45, 2.75) is 46.2 Å². The summed E-state index contributed by atoms with van der Waals surface area (Å²) < 4.78 is 11.0. The van der Waals surface area contributed by atoms with Crippen LogP contribution in [0.3, 0.4) is 0 Å². The van der Waals surface area contributed by atoms with Crippen molar-refractivity contribution in [3.63, 3.8) is 0 Å². The topological polar surface area (TPSA) is 50.8 Å². The summed E-state index contributed by atoms with van der Waals surface area (Å²) in [4.78, 5) is 14.2. The molecule has 0 saturated carbocycles. The van der Waals surface area contributed by atoms with Crippen molar-refractivity contribution in [1.82, 2.24) is 10.2 Å². The number of benzene rings is 1. The first-order valence-corrected chi connectivity index (χ1v) is 8.68. The predicted molar refractivity (Wildman–Crippen MR) is 95.7 cm³/mol. The number of ether oxygens (including phenoxy) is 2. The molecule has 1 amide bonds. The van der Waals surface area contributed by atoms with Crippen LogP contribution in [0.5, 0.6) is 11.5 Å². The summed E-state index contributed by atoms with van der Waals surface area (Å²) in [5.74, 6) is 1.84. The van der Waals surface area contributed by atoms with Gasteiger partial charge < -0.3 is 14.8 Å². The van der Waals surface area contributed by atoms with Crippen LogP contribution in [-0.2, 0) is 11.2 Å². The van der Waals surface area contributed by atoms with Crippen molar-refractivity contribution in [3.05, 3.63) is 23.3 Å². The summed E-state index contributed by atoms with van der Waals surface area (Å²) in [6, 6.07) is 4.36. The number of amides is 1. The Hall–Kier alpha value is -1.75. The molecule has 0 bridgehead atoms. The standard InChI is InChI=1S/C19H30N2O3/c1-7-21-9-8-14-10-16(23-5)17(24-6)11-15(14)19(21)18(12(2)3)20-13(4)22/h10-12,18-19H,7-9H2,1-6H3,(H,20,22)/t18-,19+/m0/s1. The molecular formula is C19H30N2O3. The molecule has 1 heterocycles. The Morgan fingerprint density at radius 2 is 1.92 bits per heavy atom. The molecule has 0 aliphatic carbocycles. The second kappa shape index (κ2) is 7.88. The highest BCUT2D eigenvalue weighted by Crippen LogP contribution is 2.40. The summed E-state index contributed by atoms with van der Waals surface area (Å²) in [7, 11) is 3.32. The highest BCUT2D eigenvalue weighted by Gasteiger charge is 2.36. The summed E-state index contributed by atoms with van der Waals surface area (Å²) >= 11 is 0. The quantitative estimate of drug-likeness (QED) is 0.869. The van der Waals surface area contributed by atoms with E-state index in [0.717, 1.165) is 31.0 Å². The van der Waals surface area contributed by atoms with Crippen LogP contribution >= 0.6 is 0 Å². The molecule has 134 valence electrons. The first-order valence-electron chi connectivity index (χ1n) is 8.68. The van der Waals surface area contributed by atoms with Crippen molar-refractivity contribution >= 4 is 5.91 Å². The van der Waals surface area contributed by atoms with Gasteiger partial charge in [0.25, 0.3) is 0 Å². The summed E-state index contributed by atoms with van der Waals surface area (Å²) in [6.45, 7) is 9.99. The molecule has 2 atom stereocenters. The van der Waals surface area contributed by atoms with Gasteiger partial charge in [0, 0.05) is 13.5 Å². The van der Waals surface area contributed by atoms with Gasteiger partial charge >= 0.3 is 0 Å². The first kappa shape index (κ1) is 18.6. The van der Waals surface area contributed by atoms with E-state index in [2.05, 4.69) is 43.1 Å². The molecule has 5 nitrogen and oxygen atoms in total. The van der Waals surface area contributed by atoms with Crippen LogP contribution in [0.25, 0.3) is 0 Å². The minimum atomic E-state index is 0.0114. The van der Waals surface area contributed by atoms with Gasteiger partial charge in [-0.15, -0.1) is 0 Å². The molecule has 5 heteroatoms. The lowest BCUT2D eigenvalue weighted by atomic mass is 9.83. The largest absolute Gasteiger partial charge is 0.493 e. The predicted octanol–water partition coefficient (Wildman–Crippen LogP) is 2.78. The van der Waals surface area contributed by atoms with Crippen LogP contribution < -0.4 is 14.8 Å². The van der Waals surface area contributed by atoms with E-state index in [1.807, 2.05) is 0 Å². The van der Waals surface area contributed by atoms with E-state index in [0.29, 0.717) is 5.92 Å². The average molecular weight is 334 g/mol. The average Bonchev–Trinajstić information content (AvgIpc) is 2.57. The van der Waals surface area contributed by atoms with E-state index in [4.69, 9.17) is 9.47 Å². The third kappa shape index (κ3) is 3.66. The van der Waals surface area contributed by atoms with E-state index in [1.165, 1.54) is 11.1 Å². The van der Waals surface area contributed by atoms with E-state index in [9.17, 15) is 4.79 Å². The lowest BCUT2D eigenvalue weighted by Crippen LogP contribution is -2.50. The van der Waals surface area contributed by atoms with Crippen molar-refractivity contribution in [1.29, 1.82) is 0 Å². The summed E-state index contributed by atoms with van der Waals surface area (Å²) in [5.41, 5.74) is 2.51. The van der Waals surface area contributed by atoms with Gasteiger partial charge in [-0.1, -0.05) is 20.8 Å². The number of carbonyl (C=O) groups is 1. The number of hydrogen-bond donors (Lipinski definition) is 1. The zero-order valence-corrected chi connectivity index (χ0v) is 15.7. The second-order valence-electron chi connectivity index (χ2n) is 6.70. The SMILES string of the molecule is CCN1CCc2cc(OC)c(OC)cc2[C@@H]1[C@@H](NC(C)=O)C(C)C. The summed E-state index contributed by atoms with van der Waals surface area (Å²) in [5, 5.41) is 3.17. The number of methoxy groups -OCH3 is 2. The number of fused-ring (bicyclic) bond motifs is 1. The normalized spacial score (nSPS) is 18.9. The fraction of sp³-hybridized carbons (Fsp3) is 0.632.